The van der Waals surface area contributed by atoms with Crippen molar-refractivity contribution in [3.8, 4) is 0 Å². The first-order valence-corrected chi connectivity index (χ1v) is 5.84. The maximum absolute atomic E-state index is 11.5. The number of aryl methyl sites for hydroxylation is 1. The molecular weight excluding hydrogens is 263 g/mol. The zero-order valence-electron chi connectivity index (χ0n) is 9.43. The zero-order valence-corrected chi connectivity index (χ0v) is 10.9. The normalized spacial score (nSPS) is 10.4. The van der Waals surface area contributed by atoms with E-state index in [0.29, 0.717) is 28.9 Å². The van der Waals surface area contributed by atoms with Crippen molar-refractivity contribution < 1.29 is 9.53 Å². The van der Waals surface area contributed by atoms with Gasteiger partial charge in [0.15, 0.2) is 0 Å². The first-order chi connectivity index (χ1) is 8.06. The number of ether oxygens (including phenoxy) is 1. The third kappa shape index (κ3) is 4.16. The minimum absolute atomic E-state index is 0.0716. The van der Waals surface area contributed by atoms with E-state index in [-0.39, 0.29) is 12.5 Å². The van der Waals surface area contributed by atoms with Gasteiger partial charge in [-0.3, -0.25) is 4.79 Å². The van der Waals surface area contributed by atoms with Gasteiger partial charge < -0.3 is 15.8 Å². The Morgan fingerprint density at radius 2 is 2.18 bits per heavy atom. The average Bonchev–Trinajstić information content (AvgIpc) is 2.30. The Kier molecular flexibility index (Phi) is 5.71. The van der Waals surface area contributed by atoms with E-state index in [1.165, 1.54) is 0 Å². The Hall–Kier alpha value is -0.810. The van der Waals surface area contributed by atoms with Crippen LogP contribution in [0.2, 0.25) is 10.0 Å². The lowest BCUT2D eigenvalue weighted by molar-refractivity contribution is -0.120. The van der Waals surface area contributed by atoms with E-state index in [2.05, 4.69) is 5.32 Å². The van der Waals surface area contributed by atoms with Crippen molar-refractivity contribution >= 4 is 34.8 Å². The molecule has 1 amide bonds. The number of carbonyl (C=O) groups is 1. The highest BCUT2D eigenvalue weighted by molar-refractivity contribution is 6.40. The van der Waals surface area contributed by atoms with Gasteiger partial charge in [-0.25, -0.2) is 0 Å². The fourth-order valence-electron chi connectivity index (χ4n) is 1.19. The molecule has 0 atom stereocenters. The summed E-state index contributed by atoms with van der Waals surface area (Å²) in [5.41, 5.74) is 6.49. The van der Waals surface area contributed by atoms with E-state index in [4.69, 9.17) is 33.7 Å². The van der Waals surface area contributed by atoms with Crippen LogP contribution in [0.25, 0.3) is 0 Å². The maximum Gasteiger partial charge on any atom is 0.250 e. The molecule has 0 aliphatic rings. The topological polar surface area (TPSA) is 64.3 Å². The summed E-state index contributed by atoms with van der Waals surface area (Å²) < 4.78 is 5.00. The van der Waals surface area contributed by atoms with Crippen molar-refractivity contribution in [2.24, 2.45) is 5.73 Å². The number of rotatable bonds is 5. The minimum atomic E-state index is -0.312. The molecule has 0 heterocycles. The molecule has 0 radical (unpaired) electrons. The largest absolute Gasteiger partial charge is 0.370 e. The van der Waals surface area contributed by atoms with E-state index < -0.39 is 0 Å². The SMILES string of the molecule is Cc1ccc(Cl)c(NC(=O)COCCN)c1Cl. The van der Waals surface area contributed by atoms with Crippen LogP contribution >= 0.6 is 23.2 Å². The fourth-order valence-corrected chi connectivity index (χ4v) is 1.66. The summed E-state index contributed by atoms with van der Waals surface area (Å²) in [6, 6.07) is 3.46. The van der Waals surface area contributed by atoms with Crippen molar-refractivity contribution in [3.63, 3.8) is 0 Å². The molecule has 0 saturated heterocycles. The van der Waals surface area contributed by atoms with E-state index >= 15 is 0 Å². The molecule has 0 fully saturated rings. The average molecular weight is 277 g/mol. The van der Waals surface area contributed by atoms with Crippen molar-refractivity contribution in [1.82, 2.24) is 0 Å². The monoisotopic (exact) mass is 276 g/mol. The Morgan fingerprint density at radius 3 is 2.82 bits per heavy atom. The predicted octanol–water partition coefficient (Wildman–Crippen LogP) is 2.22. The quantitative estimate of drug-likeness (QED) is 0.811. The Morgan fingerprint density at radius 1 is 1.47 bits per heavy atom. The van der Waals surface area contributed by atoms with Gasteiger partial charge in [0.1, 0.15) is 6.61 Å². The molecule has 3 N–H and O–H groups in total. The highest BCUT2D eigenvalue weighted by atomic mass is 35.5. The first kappa shape index (κ1) is 14.3. The van der Waals surface area contributed by atoms with Gasteiger partial charge >= 0.3 is 0 Å². The van der Waals surface area contributed by atoms with Crippen LogP contribution in [0, 0.1) is 6.92 Å². The van der Waals surface area contributed by atoms with Crippen molar-refractivity contribution in [3.05, 3.63) is 27.7 Å². The number of hydrogen-bond acceptors (Lipinski definition) is 3. The molecule has 1 aromatic rings. The van der Waals surface area contributed by atoms with Gasteiger partial charge in [-0.05, 0) is 18.6 Å². The lowest BCUT2D eigenvalue weighted by Gasteiger charge is -2.11. The molecule has 0 aromatic heterocycles. The minimum Gasteiger partial charge on any atom is -0.370 e. The molecular formula is C11H14Cl2N2O2. The standard InChI is InChI=1S/C11H14Cl2N2O2/c1-7-2-3-8(12)11(10(7)13)15-9(16)6-17-5-4-14/h2-3H,4-6,14H2,1H3,(H,15,16). The second-order valence-corrected chi connectivity index (χ2v) is 4.23. The van der Waals surface area contributed by atoms with Crippen molar-refractivity contribution in [2.45, 2.75) is 6.92 Å². The van der Waals surface area contributed by atoms with E-state index in [1.807, 2.05) is 6.92 Å². The van der Waals surface area contributed by atoms with Gasteiger partial charge in [0.05, 0.1) is 22.3 Å². The van der Waals surface area contributed by atoms with E-state index in [0.717, 1.165) is 5.56 Å². The molecule has 0 aliphatic carbocycles. The molecule has 0 aliphatic heterocycles. The molecule has 0 bridgehead atoms. The van der Waals surface area contributed by atoms with Crippen LogP contribution in [0.3, 0.4) is 0 Å². The highest BCUT2D eigenvalue weighted by Gasteiger charge is 2.11. The summed E-state index contributed by atoms with van der Waals surface area (Å²) in [4.78, 5) is 11.5. The van der Waals surface area contributed by atoms with Crippen molar-refractivity contribution in [1.29, 1.82) is 0 Å². The molecule has 0 spiro atoms. The first-order valence-electron chi connectivity index (χ1n) is 5.08. The predicted molar refractivity (Wildman–Crippen MR) is 69.7 cm³/mol. The van der Waals surface area contributed by atoms with E-state index in [1.54, 1.807) is 12.1 Å². The smallest absolute Gasteiger partial charge is 0.250 e. The maximum atomic E-state index is 11.5. The second-order valence-electron chi connectivity index (χ2n) is 3.44. The van der Waals surface area contributed by atoms with Crippen LogP contribution in [0.15, 0.2) is 12.1 Å². The lowest BCUT2D eigenvalue weighted by atomic mass is 10.2. The van der Waals surface area contributed by atoms with Gasteiger partial charge in [-0.15, -0.1) is 0 Å². The summed E-state index contributed by atoms with van der Waals surface area (Å²) in [5, 5.41) is 3.44. The number of benzene rings is 1. The second kappa shape index (κ2) is 6.81. The van der Waals surface area contributed by atoms with Crippen LogP contribution in [-0.4, -0.2) is 25.7 Å². The molecule has 4 nitrogen and oxygen atoms in total. The third-order valence-corrected chi connectivity index (χ3v) is 2.85. The van der Waals surface area contributed by atoms with Gasteiger partial charge in [0.25, 0.3) is 0 Å². The van der Waals surface area contributed by atoms with E-state index in [9.17, 15) is 4.79 Å². The summed E-state index contributed by atoms with van der Waals surface area (Å²) in [6.07, 6.45) is 0. The lowest BCUT2D eigenvalue weighted by Crippen LogP contribution is -2.21. The third-order valence-electron chi connectivity index (χ3n) is 2.04. The van der Waals surface area contributed by atoms with Crippen molar-refractivity contribution in [2.75, 3.05) is 25.1 Å². The summed E-state index contributed by atoms with van der Waals surface area (Å²) in [7, 11) is 0. The summed E-state index contributed by atoms with van der Waals surface area (Å²) >= 11 is 12.0. The van der Waals surface area contributed by atoms with Crippen LogP contribution in [0.4, 0.5) is 5.69 Å². The molecule has 1 aromatic carbocycles. The van der Waals surface area contributed by atoms with Gasteiger partial charge in [-0.1, -0.05) is 29.3 Å². The van der Waals surface area contributed by atoms with Gasteiger partial charge in [0, 0.05) is 6.54 Å². The molecule has 1 rings (SSSR count). The fraction of sp³-hybridized carbons (Fsp3) is 0.364. The number of hydrogen-bond donors (Lipinski definition) is 2. The summed E-state index contributed by atoms with van der Waals surface area (Å²) in [5.74, 6) is -0.312. The number of nitrogens with one attached hydrogen (secondary N) is 1. The molecule has 0 unspecified atom stereocenters. The van der Waals surface area contributed by atoms with Gasteiger partial charge in [0.2, 0.25) is 5.91 Å². The van der Waals surface area contributed by atoms with Crippen LogP contribution in [-0.2, 0) is 9.53 Å². The number of anilines is 1. The Bertz CT molecular complexity index is 411. The van der Waals surface area contributed by atoms with Crippen LogP contribution < -0.4 is 11.1 Å². The highest BCUT2D eigenvalue weighted by Crippen LogP contribution is 2.32. The number of nitrogens with two attached hydrogens (primary N) is 1. The molecule has 0 saturated carbocycles. The van der Waals surface area contributed by atoms with Gasteiger partial charge in [-0.2, -0.15) is 0 Å². The summed E-state index contributed by atoms with van der Waals surface area (Å²) in [6.45, 7) is 2.47. The Balaban J connectivity index is 2.68. The number of carbonyl (C=O) groups excluding carboxylic acids is 1. The van der Waals surface area contributed by atoms with Crippen LogP contribution in [0.5, 0.6) is 0 Å². The molecule has 94 valence electrons. The van der Waals surface area contributed by atoms with Crippen LogP contribution in [0.1, 0.15) is 5.56 Å². The number of amides is 1. The molecule has 6 heteroatoms. The molecule has 17 heavy (non-hydrogen) atoms. The zero-order chi connectivity index (χ0) is 12.8. The number of halogens is 2. The Labute approximate surface area is 110 Å².